The molecule has 1 heterocycles. The van der Waals surface area contributed by atoms with E-state index in [0.717, 1.165) is 0 Å². The van der Waals surface area contributed by atoms with Crippen molar-refractivity contribution in [1.29, 1.82) is 0 Å². The van der Waals surface area contributed by atoms with Crippen LogP contribution in [0.1, 0.15) is 20.8 Å². The number of amides is 1. The van der Waals surface area contributed by atoms with Crippen molar-refractivity contribution in [2.75, 3.05) is 5.32 Å². The van der Waals surface area contributed by atoms with Gasteiger partial charge in [-0.05, 0) is 32.9 Å². The summed E-state index contributed by atoms with van der Waals surface area (Å²) in [7, 11) is 0. The van der Waals surface area contributed by atoms with Crippen molar-refractivity contribution in [3.05, 3.63) is 24.1 Å². The highest BCUT2D eigenvalue weighted by Gasteiger charge is 2.13. The van der Waals surface area contributed by atoms with E-state index in [1.807, 2.05) is 13.8 Å². The molecular formula is C11H16FN3O. The minimum Gasteiger partial charge on any atom is -0.359 e. The monoisotopic (exact) mass is 225 g/mol. The molecule has 1 rings (SSSR count). The second-order valence-electron chi connectivity index (χ2n) is 3.87. The summed E-state index contributed by atoms with van der Waals surface area (Å²) < 4.78 is 12.8. The maximum Gasteiger partial charge on any atom is 0.242 e. The van der Waals surface area contributed by atoms with Gasteiger partial charge in [-0.25, -0.2) is 4.98 Å². The van der Waals surface area contributed by atoms with Gasteiger partial charge in [-0.2, -0.15) is 4.39 Å². The third kappa shape index (κ3) is 3.84. The van der Waals surface area contributed by atoms with Crippen LogP contribution >= 0.6 is 0 Å². The topological polar surface area (TPSA) is 54.0 Å². The van der Waals surface area contributed by atoms with Crippen molar-refractivity contribution in [3.63, 3.8) is 0 Å². The van der Waals surface area contributed by atoms with Gasteiger partial charge in [0, 0.05) is 6.04 Å². The molecule has 16 heavy (non-hydrogen) atoms. The first-order valence-corrected chi connectivity index (χ1v) is 5.18. The third-order valence-electron chi connectivity index (χ3n) is 1.90. The predicted octanol–water partition coefficient (Wildman–Crippen LogP) is 1.55. The summed E-state index contributed by atoms with van der Waals surface area (Å²) in [4.78, 5) is 15.2. The van der Waals surface area contributed by atoms with Crippen molar-refractivity contribution in [2.24, 2.45) is 0 Å². The smallest absolute Gasteiger partial charge is 0.242 e. The van der Waals surface area contributed by atoms with E-state index in [-0.39, 0.29) is 11.9 Å². The molecule has 0 saturated carbocycles. The molecule has 0 aliphatic heterocycles. The first-order valence-electron chi connectivity index (χ1n) is 5.18. The fraction of sp³-hybridized carbons (Fsp3) is 0.455. The van der Waals surface area contributed by atoms with Crippen LogP contribution in [0.4, 0.5) is 10.2 Å². The number of carbonyl (C=O) groups excluding carboxylic acids is 1. The Morgan fingerprint density at radius 2 is 2.06 bits per heavy atom. The lowest BCUT2D eigenvalue weighted by atomic mass is 10.3. The van der Waals surface area contributed by atoms with Crippen LogP contribution in [0, 0.1) is 5.95 Å². The van der Waals surface area contributed by atoms with Gasteiger partial charge in [0.2, 0.25) is 11.9 Å². The number of halogens is 1. The number of hydrogen-bond acceptors (Lipinski definition) is 3. The molecule has 0 fully saturated rings. The molecule has 88 valence electrons. The lowest BCUT2D eigenvalue weighted by Crippen LogP contribution is -2.41. The molecule has 1 aromatic rings. The summed E-state index contributed by atoms with van der Waals surface area (Å²) in [6.07, 6.45) is 0. The maximum absolute atomic E-state index is 12.8. The first kappa shape index (κ1) is 12.4. The Labute approximate surface area is 94.3 Å². The second-order valence-corrected chi connectivity index (χ2v) is 3.87. The Morgan fingerprint density at radius 1 is 1.38 bits per heavy atom. The van der Waals surface area contributed by atoms with Crippen LogP contribution in [0.25, 0.3) is 0 Å². The Balaban J connectivity index is 2.57. The predicted molar refractivity (Wildman–Crippen MR) is 60.6 cm³/mol. The molecule has 0 saturated heterocycles. The molecular weight excluding hydrogens is 209 g/mol. The minimum atomic E-state index is -0.568. The zero-order valence-electron chi connectivity index (χ0n) is 9.62. The molecule has 0 bridgehead atoms. The lowest BCUT2D eigenvalue weighted by Gasteiger charge is -2.16. The number of pyridine rings is 1. The van der Waals surface area contributed by atoms with E-state index < -0.39 is 12.0 Å². The number of aromatic nitrogens is 1. The van der Waals surface area contributed by atoms with Gasteiger partial charge in [-0.1, -0.05) is 6.07 Å². The van der Waals surface area contributed by atoms with Crippen LogP contribution in [0.5, 0.6) is 0 Å². The lowest BCUT2D eigenvalue weighted by molar-refractivity contribution is -0.122. The van der Waals surface area contributed by atoms with Crippen LogP contribution in [0.3, 0.4) is 0 Å². The van der Waals surface area contributed by atoms with Gasteiger partial charge in [0.15, 0.2) is 0 Å². The molecule has 2 N–H and O–H groups in total. The van der Waals surface area contributed by atoms with Gasteiger partial charge in [0.25, 0.3) is 0 Å². The van der Waals surface area contributed by atoms with Gasteiger partial charge in [0.05, 0.1) is 0 Å². The Hall–Kier alpha value is -1.65. The van der Waals surface area contributed by atoms with Gasteiger partial charge >= 0.3 is 0 Å². The van der Waals surface area contributed by atoms with Crippen molar-refractivity contribution in [1.82, 2.24) is 10.3 Å². The zero-order valence-corrected chi connectivity index (χ0v) is 9.62. The van der Waals surface area contributed by atoms with Crippen molar-refractivity contribution < 1.29 is 9.18 Å². The Morgan fingerprint density at radius 3 is 2.62 bits per heavy atom. The highest BCUT2D eigenvalue weighted by molar-refractivity contribution is 5.84. The molecule has 0 aromatic carbocycles. The van der Waals surface area contributed by atoms with E-state index in [1.165, 1.54) is 12.1 Å². The van der Waals surface area contributed by atoms with Crippen LogP contribution in [0.2, 0.25) is 0 Å². The average molecular weight is 225 g/mol. The van der Waals surface area contributed by atoms with E-state index in [1.54, 1.807) is 13.0 Å². The number of anilines is 1. The van der Waals surface area contributed by atoms with Crippen LogP contribution < -0.4 is 10.6 Å². The first-order chi connectivity index (χ1) is 7.49. The molecule has 1 atom stereocenters. The number of nitrogens with one attached hydrogen (secondary N) is 2. The number of hydrogen-bond donors (Lipinski definition) is 2. The average Bonchev–Trinajstić information content (AvgIpc) is 2.16. The highest BCUT2D eigenvalue weighted by atomic mass is 19.1. The minimum absolute atomic E-state index is 0.0808. The molecule has 1 unspecified atom stereocenters. The molecule has 5 heteroatoms. The normalized spacial score (nSPS) is 12.3. The summed E-state index contributed by atoms with van der Waals surface area (Å²) in [5.74, 6) is -0.353. The molecule has 4 nitrogen and oxygen atoms in total. The van der Waals surface area contributed by atoms with Gasteiger partial charge < -0.3 is 10.6 Å². The number of carbonyl (C=O) groups is 1. The molecule has 0 aliphatic rings. The quantitative estimate of drug-likeness (QED) is 0.764. The van der Waals surface area contributed by atoms with Gasteiger partial charge in [-0.3, -0.25) is 4.79 Å². The van der Waals surface area contributed by atoms with E-state index in [9.17, 15) is 9.18 Å². The second kappa shape index (κ2) is 5.44. The van der Waals surface area contributed by atoms with Gasteiger partial charge in [0.1, 0.15) is 11.9 Å². The number of rotatable bonds is 4. The molecule has 0 radical (unpaired) electrons. The summed E-state index contributed by atoms with van der Waals surface area (Å²) in [6.45, 7) is 5.46. The van der Waals surface area contributed by atoms with E-state index in [2.05, 4.69) is 15.6 Å². The number of nitrogens with zero attached hydrogens (tertiary/aromatic N) is 1. The summed E-state index contributed by atoms with van der Waals surface area (Å²) >= 11 is 0. The molecule has 1 amide bonds. The summed E-state index contributed by atoms with van der Waals surface area (Å²) in [5.41, 5.74) is 0. The maximum atomic E-state index is 12.8. The van der Waals surface area contributed by atoms with Crippen LogP contribution in [0.15, 0.2) is 18.2 Å². The van der Waals surface area contributed by atoms with E-state index >= 15 is 0 Å². The van der Waals surface area contributed by atoms with Crippen molar-refractivity contribution >= 4 is 11.7 Å². The fourth-order valence-electron chi connectivity index (χ4n) is 1.19. The largest absolute Gasteiger partial charge is 0.359 e. The molecule has 0 aliphatic carbocycles. The molecule has 0 spiro atoms. The summed E-state index contributed by atoms with van der Waals surface area (Å²) in [5, 5.41) is 5.58. The van der Waals surface area contributed by atoms with E-state index in [0.29, 0.717) is 5.82 Å². The van der Waals surface area contributed by atoms with E-state index in [4.69, 9.17) is 0 Å². The van der Waals surface area contributed by atoms with Crippen LogP contribution in [-0.4, -0.2) is 23.0 Å². The van der Waals surface area contributed by atoms with Crippen molar-refractivity contribution in [2.45, 2.75) is 32.9 Å². The Kier molecular flexibility index (Phi) is 4.22. The zero-order chi connectivity index (χ0) is 12.1. The third-order valence-corrected chi connectivity index (χ3v) is 1.90. The van der Waals surface area contributed by atoms with Gasteiger partial charge in [-0.15, -0.1) is 0 Å². The standard InChI is InChI=1S/C11H16FN3O/c1-7(2)13-11(16)8(3)14-10-6-4-5-9(12)15-10/h4-8H,1-3H3,(H,13,16)(H,14,15). The SMILES string of the molecule is CC(C)NC(=O)C(C)Nc1cccc(F)n1. The highest BCUT2D eigenvalue weighted by Crippen LogP contribution is 2.05. The fourth-order valence-corrected chi connectivity index (χ4v) is 1.19. The Bertz CT molecular complexity index is 368. The van der Waals surface area contributed by atoms with Crippen molar-refractivity contribution in [3.8, 4) is 0 Å². The molecule has 1 aromatic heterocycles. The van der Waals surface area contributed by atoms with Crippen LogP contribution in [-0.2, 0) is 4.79 Å². The summed E-state index contributed by atoms with van der Waals surface area (Å²) in [6, 6.07) is 4.04.